The Hall–Kier alpha value is -1.27. The molecule has 3 unspecified atom stereocenters. The number of aromatic nitrogens is 3. The number of nitrogens with zero attached hydrogens (tertiary/aromatic N) is 4. The molecule has 6 nitrogen and oxygen atoms in total. The topological polar surface area (TPSA) is 66.0 Å². The molecule has 0 radical (unpaired) electrons. The van der Waals surface area contributed by atoms with E-state index < -0.39 is 0 Å². The van der Waals surface area contributed by atoms with Gasteiger partial charge in [0.15, 0.2) is 0 Å². The minimum absolute atomic E-state index is 0.527. The number of fused-ring (bicyclic) bond motifs is 1. The Kier molecular flexibility index (Phi) is 3.13. The molecule has 0 bridgehead atoms. The third-order valence-corrected chi connectivity index (χ3v) is 4.04. The summed E-state index contributed by atoms with van der Waals surface area (Å²) in [5.41, 5.74) is 6.87. The van der Waals surface area contributed by atoms with Crippen LogP contribution in [0.25, 0.3) is 0 Å². The average Bonchev–Trinajstić information content (AvgIpc) is 2.82. The van der Waals surface area contributed by atoms with Crippen molar-refractivity contribution in [2.75, 3.05) is 18.0 Å². The molecule has 3 rings (SSSR count). The van der Waals surface area contributed by atoms with Crippen molar-refractivity contribution in [3.63, 3.8) is 0 Å². The molecule has 6 heteroatoms. The number of hydrogen-bond acceptors (Lipinski definition) is 6. The summed E-state index contributed by atoms with van der Waals surface area (Å²) >= 11 is 0. The standard InChI is InChI=1S/C12H20N6/c1-8(2)11-9-5-18(4-3-10(9)16-17-11)12-14-6-13-7-15-12/h6-11,16-17H,3-5H2,1-2H3. The van der Waals surface area contributed by atoms with Gasteiger partial charge in [0.1, 0.15) is 12.7 Å². The number of nitrogens with one attached hydrogen (secondary N) is 2. The molecule has 0 saturated carbocycles. The minimum Gasteiger partial charge on any atom is -0.340 e. The van der Waals surface area contributed by atoms with Crippen molar-refractivity contribution in [1.29, 1.82) is 0 Å². The molecule has 0 aromatic carbocycles. The number of anilines is 1. The monoisotopic (exact) mass is 248 g/mol. The maximum Gasteiger partial charge on any atom is 0.228 e. The highest BCUT2D eigenvalue weighted by Crippen LogP contribution is 2.29. The SMILES string of the molecule is CC(C)C1NNC2CCN(c3ncncn3)CC21. The maximum atomic E-state index is 4.25. The van der Waals surface area contributed by atoms with Gasteiger partial charge in [-0.25, -0.2) is 15.0 Å². The molecule has 3 heterocycles. The fraction of sp³-hybridized carbons (Fsp3) is 0.750. The van der Waals surface area contributed by atoms with Gasteiger partial charge in [-0.1, -0.05) is 13.8 Å². The van der Waals surface area contributed by atoms with Gasteiger partial charge < -0.3 is 4.90 Å². The minimum atomic E-state index is 0.527. The van der Waals surface area contributed by atoms with Crippen LogP contribution in [0.5, 0.6) is 0 Å². The highest BCUT2D eigenvalue weighted by molar-refractivity contribution is 5.29. The van der Waals surface area contributed by atoms with Crippen LogP contribution >= 0.6 is 0 Å². The van der Waals surface area contributed by atoms with Crippen molar-refractivity contribution < 1.29 is 0 Å². The van der Waals surface area contributed by atoms with Gasteiger partial charge in [-0.15, -0.1) is 0 Å². The molecule has 2 fully saturated rings. The molecule has 0 amide bonds. The molecule has 1 aromatic rings. The van der Waals surface area contributed by atoms with Gasteiger partial charge >= 0.3 is 0 Å². The fourth-order valence-electron chi connectivity index (χ4n) is 3.07. The van der Waals surface area contributed by atoms with E-state index in [-0.39, 0.29) is 0 Å². The van der Waals surface area contributed by atoms with E-state index in [9.17, 15) is 0 Å². The Balaban J connectivity index is 1.75. The number of hydrazine groups is 1. The Bertz CT molecular complexity index is 395. The first-order valence-electron chi connectivity index (χ1n) is 6.63. The summed E-state index contributed by atoms with van der Waals surface area (Å²) in [4.78, 5) is 14.6. The second-order valence-electron chi connectivity index (χ2n) is 5.50. The fourth-order valence-corrected chi connectivity index (χ4v) is 3.07. The first-order valence-corrected chi connectivity index (χ1v) is 6.63. The van der Waals surface area contributed by atoms with E-state index in [0.29, 0.717) is 23.9 Å². The third kappa shape index (κ3) is 2.06. The molecular weight excluding hydrogens is 228 g/mol. The van der Waals surface area contributed by atoms with Crippen molar-refractivity contribution in [3.05, 3.63) is 12.7 Å². The van der Waals surface area contributed by atoms with E-state index in [1.165, 1.54) is 0 Å². The van der Waals surface area contributed by atoms with E-state index in [2.05, 4.69) is 44.6 Å². The first-order chi connectivity index (χ1) is 8.75. The van der Waals surface area contributed by atoms with Crippen molar-refractivity contribution >= 4 is 5.95 Å². The van der Waals surface area contributed by atoms with Crippen molar-refractivity contribution in [3.8, 4) is 0 Å². The average molecular weight is 248 g/mol. The molecule has 2 N–H and O–H groups in total. The van der Waals surface area contributed by atoms with Gasteiger partial charge in [-0.05, 0) is 12.3 Å². The van der Waals surface area contributed by atoms with Gasteiger partial charge in [-0.3, -0.25) is 10.9 Å². The van der Waals surface area contributed by atoms with E-state index in [0.717, 1.165) is 25.5 Å². The van der Waals surface area contributed by atoms with Crippen LogP contribution in [0.15, 0.2) is 12.7 Å². The highest BCUT2D eigenvalue weighted by atomic mass is 15.4. The summed E-state index contributed by atoms with van der Waals surface area (Å²) in [6.45, 7) is 6.55. The Morgan fingerprint density at radius 1 is 1.28 bits per heavy atom. The second kappa shape index (κ2) is 4.78. The maximum absolute atomic E-state index is 4.25. The molecule has 0 spiro atoms. The van der Waals surface area contributed by atoms with Crippen LogP contribution in [0.1, 0.15) is 20.3 Å². The Labute approximate surface area is 107 Å². The third-order valence-electron chi connectivity index (χ3n) is 4.04. The summed E-state index contributed by atoms with van der Waals surface area (Å²) in [7, 11) is 0. The summed E-state index contributed by atoms with van der Waals surface area (Å²) in [5, 5.41) is 0. The predicted molar refractivity (Wildman–Crippen MR) is 68.8 cm³/mol. The van der Waals surface area contributed by atoms with Crippen LogP contribution < -0.4 is 15.8 Å². The summed E-state index contributed by atoms with van der Waals surface area (Å²) in [6, 6.07) is 1.11. The van der Waals surface area contributed by atoms with Gasteiger partial charge in [0, 0.05) is 31.1 Å². The normalized spacial score (nSPS) is 31.7. The van der Waals surface area contributed by atoms with E-state index >= 15 is 0 Å². The predicted octanol–water partition coefficient (Wildman–Crippen LogP) is 0.199. The van der Waals surface area contributed by atoms with Crippen LogP contribution in [0.2, 0.25) is 0 Å². The lowest BCUT2D eigenvalue weighted by Gasteiger charge is -2.36. The van der Waals surface area contributed by atoms with Crippen molar-refractivity contribution in [2.45, 2.75) is 32.4 Å². The molecule has 3 atom stereocenters. The van der Waals surface area contributed by atoms with Gasteiger partial charge in [0.05, 0.1) is 0 Å². The van der Waals surface area contributed by atoms with Crippen LogP contribution in [0, 0.1) is 11.8 Å². The zero-order valence-corrected chi connectivity index (χ0v) is 10.9. The van der Waals surface area contributed by atoms with E-state index in [1.807, 2.05) is 0 Å². The van der Waals surface area contributed by atoms with Crippen molar-refractivity contribution in [1.82, 2.24) is 25.8 Å². The Morgan fingerprint density at radius 3 is 2.78 bits per heavy atom. The lowest BCUT2D eigenvalue weighted by molar-refractivity contribution is 0.308. The van der Waals surface area contributed by atoms with Crippen LogP contribution in [0.3, 0.4) is 0 Å². The summed E-state index contributed by atoms with van der Waals surface area (Å²) in [5.74, 6) is 2.05. The van der Waals surface area contributed by atoms with E-state index in [4.69, 9.17) is 0 Å². The van der Waals surface area contributed by atoms with Crippen molar-refractivity contribution in [2.24, 2.45) is 11.8 Å². The van der Waals surface area contributed by atoms with Crippen LogP contribution in [-0.4, -0.2) is 40.1 Å². The lowest BCUT2D eigenvalue weighted by Crippen LogP contribution is -2.47. The zero-order valence-electron chi connectivity index (χ0n) is 10.9. The summed E-state index contributed by atoms with van der Waals surface area (Å²) < 4.78 is 0. The van der Waals surface area contributed by atoms with Gasteiger partial charge in [0.2, 0.25) is 5.95 Å². The van der Waals surface area contributed by atoms with Gasteiger partial charge in [0.25, 0.3) is 0 Å². The van der Waals surface area contributed by atoms with Crippen LogP contribution in [-0.2, 0) is 0 Å². The zero-order chi connectivity index (χ0) is 12.5. The molecule has 98 valence electrons. The molecule has 0 aliphatic carbocycles. The molecular formula is C12H20N6. The molecule has 18 heavy (non-hydrogen) atoms. The number of piperidine rings is 1. The second-order valence-corrected chi connectivity index (χ2v) is 5.50. The molecule has 2 saturated heterocycles. The number of rotatable bonds is 2. The quantitative estimate of drug-likeness (QED) is 0.779. The first kappa shape index (κ1) is 11.8. The number of hydrogen-bond donors (Lipinski definition) is 2. The Morgan fingerprint density at radius 2 is 2.06 bits per heavy atom. The molecule has 1 aromatic heterocycles. The van der Waals surface area contributed by atoms with E-state index in [1.54, 1.807) is 12.7 Å². The van der Waals surface area contributed by atoms with Crippen LogP contribution in [0.4, 0.5) is 5.95 Å². The summed E-state index contributed by atoms with van der Waals surface area (Å²) in [6.07, 6.45) is 4.27. The molecule has 2 aliphatic rings. The highest BCUT2D eigenvalue weighted by Gasteiger charge is 2.41. The molecule has 2 aliphatic heterocycles. The lowest BCUT2D eigenvalue weighted by atomic mass is 9.83. The largest absolute Gasteiger partial charge is 0.340 e. The van der Waals surface area contributed by atoms with Gasteiger partial charge in [-0.2, -0.15) is 0 Å². The smallest absolute Gasteiger partial charge is 0.228 e.